The summed E-state index contributed by atoms with van der Waals surface area (Å²) in [4.78, 5) is 10.1. The standard InChI is InChI=1S/C10H11FO/c1-2-8-3-4-9(5-6-12)10(11)7-8/h3-4,6-7H,2,5H2,1H3. The molecular weight excluding hydrogens is 155 g/mol. The minimum Gasteiger partial charge on any atom is -0.303 e. The average molecular weight is 166 g/mol. The largest absolute Gasteiger partial charge is 0.303 e. The molecule has 64 valence electrons. The molecular formula is C10H11FO. The van der Waals surface area contributed by atoms with E-state index in [0.29, 0.717) is 11.8 Å². The molecule has 1 rings (SSSR count). The summed E-state index contributed by atoms with van der Waals surface area (Å²) in [5.74, 6) is -0.276. The van der Waals surface area contributed by atoms with Crippen molar-refractivity contribution in [1.82, 2.24) is 0 Å². The lowest BCUT2D eigenvalue weighted by atomic mass is 10.1. The lowest BCUT2D eigenvalue weighted by molar-refractivity contribution is -0.107. The molecule has 1 aromatic carbocycles. The van der Waals surface area contributed by atoms with Gasteiger partial charge in [-0.05, 0) is 23.6 Å². The van der Waals surface area contributed by atoms with E-state index in [1.165, 1.54) is 6.07 Å². The van der Waals surface area contributed by atoms with Gasteiger partial charge in [0.25, 0.3) is 0 Å². The van der Waals surface area contributed by atoms with Crippen LogP contribution < -0.4 is 0 Å². The Bertz CT molecular complexity index is 281. The first-order valence-corrected chi connectivity index (χ1v) is 3.99. The number of hydrogen-bond donors (Lipinski definition) is 0. The van der Waals surface area contributed by atoms with E-state index in [1.807, 2.05) is 13.0 Å². The molecule has 0 unspecified atom stereocenters. The monoisotopic (exact) mass is 166 g/mol. The van der Waals surface area contributed by atoms with Gasteiger partial charge in [0, 0.05) is 6.42 Å². The fraction of sp³-hybridized carbons (Fsp3) is 0.300. The molecule has 0 N–H and O–H groups in total. The SMILES string of the molecule is CCc1ccc(CC=O)c(F)c1. The second kappa shape index (κ2) is 4.00. The number of carbonyl (C=O) groups is 1. The van der Waals surface area contributed by atoms with Crippen LogP contribution in [0.5, 0.6) is 0 Å². The number of carbonyl (C=O) groups excluding carboxylic acids is 1. The number of aldehydes is 1. The lowest BCUT2D eigenvalue weighted by Crippen LogP contribution is -1.92. The Kier molecular flexibility index (Phi) is 2.97. The van der Waals surface area contributed by atoms with Crippen molar-refractivity contribution in [3.8, 4) is 0 Å². The Hall–Kier alpha value is -1.18. The van der Waals surface area contributed by atoms with Gasteiger partial charge in [-0.3, -0.25) is 0 Å². The van der Waals surface area contributed by atoms with Crippen molar-refractivity contribution in [2.24, 2.45) is 0 Å². The minimum atomic E-state index is -0.276. The third-order valence-corrected chi connectivity index (χ3v) is 1.83. The number of hydrogen-bond acceptors (Lipinski definition) is 1. The molecule has 0 aliphatic heterocycles. The predicted octanol–water partition coefficient (Wildman–Crippen LogP) is 2.13. The zero-order valence-corrected chi connectivity index (χ0v) is 7.01. The number of rotatable bonds is 3. The molecule has 1 nitrogen and oxygen atoms in total. The van der Waals surface area contributed by atoms with Gasteiger partial charge in [0.1, 0.15) is 12.1 Å². The summed E-state index contributed by atoms with van der Waals surface area (Å²) >= 11 is 0. The van der Waals surface area contributed by atoms with E-state index < -0.39 is 0 Å². The topological polar surface area (TPSA) is 17.1 Å². The third kappa shape index (κ3) is 1.91. The van der Waals surface area contributed by atoms with Crippen molar-refractivity contribution in [2.45, 2.75) is 19.8 Å². The van der Waals surface area contributed by atoms with Gasteiger partial charge >= 0.3 is 0 Å². The maximum atomic E-state index is 13.1. The summed E-state index contributed by atoms with van der Waals surface area (Å²) in [5, 5.41) is 0. The molecule has 0 spiro atoms. The van der Waals surface area contributed by atoms with Crippen molar-refractivity contribution in [1.29, 1.82) is 0 Å². The van der Waals surface area contributed by atoms with Crippen LogP contribution in [-0.2, 0) is 17.6 Å². The van der Waals surface area contributed by atoms with Gasteiger partial charge in [-0.15, -0.1) is 0 Å². The molecule has 0 amide bonds. The van der Waals surface area contributed by atoms with Crippen LogP contribution >= 0.6 is 0 Å². The lowest BCUT2D eigenvalue weighted by Gasteiger charge is -2.00. The van der Waals surface area contributed by atoms with E-state index >= 15 is 0 Å². The molecule has 0 bridgehead atoms. The highest BCUT2D eigenvalue weighted by atomic mass is 19.1. The highest BCUT2D eigenvalue weighted by Crippen LogP contribution is 2.10. The Morgan fingerprint density at radius 3 is 2.75 bits per heavy atom. The van der Waals surface area contributed by atoms with Gasteiger partial charge in [-0.25, -0.2) is 4.39 Å². The van der Waals surface area contributed by atoms with E-state index in [4.69, 9.17) is 0 Å². The van der Waals surface area contributed by atoms with Crippen molar-refractivity contribution >= 4 is 6.29 Å². The molecule has 0 saturated heterocycles. The molecule has 1 aromatic rings. The van der Waals surface area contributed by atoms with Gasteiger partial charge in [0.15, 0.2) is 0 Å². The van der Waals surface area contributed by atoms with Crippen LogP contribution in [0.4, 0.5) is 4.39 Å². The fourth-order valence-corrected chi connectivity index (χ4v) is 1.07. The van der Waals surface area contributed by atoms with Crippen LogP contribution in [0.3, 0.4) is 0 Å². The van der Waals surface area contributed by atoms with E-state index in [2.05, 4.69) is 0 Å². The van der Waals surface area contributed by atoms with Crippen LogP contribution in [0.2, 0.25) is 0 Å². The number of aryl methyl sites for hydroxylation is 1. The second-order valence-electron chi connectivity index (χ2n) is 2.65. The summed E-state index contributed by atoms with van der Waals surface area (Å²) in [7, 11) is 0. The molecule has 0 saturated carbocycles. The normalized spacial score (nSPS) is 9.83. The first-order valence-electron chi connectivity index (χ1n) is 3.99. The first-order chi connectivity index (χ1) is 5.77. The minimum absolute atomic E-state index is 0.163. The Morgan fingerprint density at radius 1 is 1.50 bits per heavy atom. The molecule has 0 radical (unpaired) electrons. The van der Waals surface area contributed by atoms with Gasteiger partial charge < -0.3 is 4.79 Å². The summed E-state index contributed by atoms with van der Waals surface area (Å²) < 4.78 is 13.1. The Labute approximate surface area is 71.2 Å². The zero-order chi connectivity index (χ0) is 8.97. The van der Waals surface area contributed by atoms with Crippen molar-refractivity contribution in [3.05, 3.63) is 35.1 Å². The van der Waals surface area contributed by atoms with E-state index in [-0.39, 0.29) is 12.2 Å². The van der Waals surface area contributed by atoms with Crippen molar-refractivity contribution < 1.29 is 9.18 Å². The molecule has 0 aromatic heterocycles. The van der Waals surface area contributed by atoms with Gasteiger partial charge in [-0.1, -0.05) is 19.1 Å². The van der Waals surface area contributed by atoms with Crippen molar-refractivity contribution in [2.75, 3.05) is 0 Å². The average Bonchev–Trinajstić information content (AvgIpc) is 2.09. The first kappa shape index (κ1) is 8.91. The Morgan fingerprint density at radius 2 is 2.25 bits per heavy atom. The van der Waals surface area contributed by atoms with Gasteiger partial charge in [0.05, 0.1) is 0 Å². The van der Waals surface area contributed by atoms with Gasteiger partial charge in [-0.2, -0.15) is 0 Å². The second-order valence-corrected chi connectivity index (χ2v) is 2.65. The van der Waals surface area contributed by atoms with E-state index in [9.17, 15) is 9.18 Å². The van der Waals surface area contributed by atoms with Crippen molar-refractivity contribution in [3.63, 3.8) is 0 Å². The maximum absolute atomic E-state index is 13.1. The van der Waals surface area contributed by atoms with Crippen LogP contribution in [0, 0.1) is 5.82 Å². The molecule has 0 atom stereocenters. The van der Waals surface area contributed by atoms with Gasteiger partial charge in [0.2, 0.25) is 0 Å². The molecule has 0 fully saturated rings. The maximum Gasteiger partial charge on any atom is 0.127 e. The summed E-state index contributed by atoms with van der Waals surface area (Å²) in [5.41, 5.74) is 1.43. The van der Waals surface area contributed by atoms with E-state index in [1.54, 1.807) is 6.07 Å². The van der Waals surface area contributed by atoms with Crippen LogP contribution in [0.15, 0.2) is 18.2 Å². The smallest absolute Gasteiger partial charge is 0.127 e. The molecule has 2 heteroatoms. The highest BCUT2D eigenvalue weighted by molar-refractivity contribution is 5.55. The highest BCUT2D eigenvalue weighted by Gasteiger charge is 2.01. The van der Waals surface area contributed by atoms with Crippen LogP contribution in [0.25, 0.3) is 0 Å². The summed E-state index contributed by atoms with van der Waals surface area (Å²) in [6.45, 7) is 1.97. The summed E-state index contributed by atoms with van der Waals surface area (Å²) in [6.07, 6.45) is 1.69. The Balaban J connectivity index is 2.94. The zero-order valence-electron chi connectivity index (χ0n) is 7.01. The quantitative estimate of drug-likeness (QED) is 0.628. The molecule has 12 heavy (non-hydrogen) atoms. The summed E-state index contributed by atoms with van der Waals surface area (Å²) in [6, 6.07) is 5.00. The third-order valence-electron chi connectivity index (χ3n) is 1.83. The van der Waals surface area contributed by atoms with E-state index in [0.717, 1.165) is 12.0 Å². The fourth-order valence-electron chi connectivity index (χ4n) is 1.07. The number of halogens is 1. The van der Waals surface area contributed by atoms with Crippen LogP contribution in [0.1, 0.15) is 18.1 Å². The van der Waals surface area contributed by atoms with Crippen LogP contribution in [-0.4, -0.2) is 6.29 Å². The number of benzene rings is 1. The molecule has 0 aliphatic rings. The molecule has 0 heterocycles. The predicted molar refractivity (Wildman–Crippen MR) is 45.5 cm³/mol. The molecule has 0 aliphatic carbocycles.